The van der Waals surface area contributed by atoms with Gasteiger partial charge in [-0.25, -0.2) is 4.79 Å². The average molecular weight is 520 g/mol. The fraction of sp³-hybridized carbons (Fsp3) is 0.700. The maximum atomic E-state index is 12.9. The third-order valence-electron chi connectivity index (χ3n) is 4.88. The molecule has 0 aliphatic heterocycles. The van der Waals surface area contributed by atoms with Gasteiger partial charge in [0.05, 0.1) is 12.5 Å². The van der Waals surface area contributed by atoms with Gasteiger partial charge in [-0.05, 0) is 44.2 Å². The number of carbonyl (C=O) groups is 6. The van der Waals surface area contributed by atoms with E-state index in [1.54, 1.807) is 6.26 Å². The molecule has 0 fully saturated rings. The molecular weight excluding hydrogens is 482 g/mol. The first-order valence-electron chi connectivity index (χ1n) is 11.1. The highest BCUT2D eigenvalue weighted by atomic mass is 32.2. The van der Waals surface area contributed by atoms with Crippen LogP contribution in [0.5, 0.6) is 0 Å². The van der Waals surface area contributed by atoms with Gasteiger partial charge in [-0.3, -0.25) is 24.0 Å². The molecule has 5 amide bonds. The first-order valence-corrected chi connectivity index (χ1v) is 12.5. The number of aliphatic carboxylic acids is 1. The van der Waals surface area contributed by atoms with E-state index in [1.165, 1.54) is 11.8 Å². The Morgan fingerprint density at radius 3 is 1.83 bits per heavy atom. The minimum Gasteiger partial charge on any atom is -0.480 e. The molecule has 0 saturated carbocycles. The van der Waals surface area contributed by atoms with Gasteiger partial charge in [0.15, 0.2) is 0 Å². The molecule has 0 aromatic carbocycles. The number of carbonyl (C=O) groups excluding carboxylic acids is 5. The number of amides is 5. The van der Waals surface area contributed by atoms with Gasteiger partial charge in [-0.15, -0.1) is 0 Å². The van der Waals surface area contributed by atoms with Gasteiger partial charge >= 0.3 is 5.97 Å². The maximum absolute atomic E-state index is 12.9. The Bertz CT molecular complexity index is 753. The molecule has 0 aliphatic rings. The predicted molar refractivity (Wildman–Crippen MR) is 130 cm³/mol. The largest absolute Gasteiger partial charge is 0.480 e. The van der Waals surface area contributed by atoms with Crippen molar-refractivity contribution in [1.82, 2.24) is 16.0 Å². The van der Waals surface area contributed by atoms with E-state index >= 15 is 0 Å². The molecule has 0 aliphatic carbocycles. The summed E-state index contributed by atoms with van der Waals surface area (Å²) in [6.07, 6.45) is 2.51. The number of thioether (sulfide) groups is 1. The molecule has 4 unspecified atom stereocenters. The van der Waals surface area contributed by atoms with E-state index in [-0.39, 0.29) is 19.3 Å². The highest BCUT2D eigenvalue weighted by Crippen LogP contribution is 2.06. The lowest BCUT2D eigenvalue weighted by molar-refractivity contribution is -0.143. The van der Waals surface area contributed by atoms with Crippen LogP contribution in [0.15, 0.2) is 0 Å². The smallest absolute Gasteiger partial charge is 0.326 e. The van der Waals surface area contributed by atoms with E-state index in [0.717, 1.165) is 0 Å². The Morgan fingerprint density at radius 2 is 1.34 bits per heavy atom. The second kappa shape index (κ2) is 17.5. The molecule has 0 aromatic heterocycles. The van der Waals surface area contributed by atoms with Crippen molar-refractivity contribution in [1.29, 1.82) is 0 Å². The molecule has 0 heterocycles. The summed E-state index contributed by atoms with van der Waals surface area (Å²) < 4.78 is 0. The SMILES string of the molecule is CSCCC(NC(=O)C(CCC(N)=O)NC(=O)C(N)CCCCN)C(=O)NC(CC(N)=O)C(=O)O. The van der Waals surface area contributed by atoms with E-state index in [9.17, 15) is 33.9 Å². The summed E-state index contributed by atoms with van der Waals surface area (Å²) in [5.41, 5.74) is 21.5. The van der Waals surface area contributed by atoms with Gasteiger partial charge in [0.25, 0.3) is 0 Å². The number of carboxylic acid groups (broad SMARTS) is 1. The predicted octanol–water partition coefficient (Wildman–Crippen LogP) is -3.12. The molecule has 35 heavy (non-hydrogen) atoms. The Balaban J connectivity index is 5.47. The summed E-state index contributed by atoms with van der Waals surface area (Å²) in [7, 11) is 0. The van der Waals surface area contributed by atoms with Gasteiger partial charge in [-0.1, -0.05) is 6.42 Å². The van der Waals surface area contributed by atoms with Crippen LogP contribution in [0.4, 0.5) is 0 Å². The highest BCUT2D eigenvalue weighted by molar-refractivity contribution is 7.98. The number of hydrogen-bond donors (Lipinski definition) is 8. The Hall–Kier alpha value is -2.91. The molecule has 0 spiro atoms. The summed E-state index contributed by atoms with van der Waals surface area (Å²) in [5.74, 6) is -4.92. The topological polar surface area (TPSA) is 263 Å². The van der Waals surface area contributed by atoms with Crippen molar-refractivity contribution >= 4 is 47.3 Å². The van der Waals surface area contributed by atoms with E-state index in [2.05, 4.69) is 16.0 Å². The van der Waals surface area contributed by atoms with Crippen LogP contribution in [0.2, 0.25) is 0 Å². The van der Waals surface area contributed by atoms with Crippen molar-refractivity contribution < 1.29 is 33.9 Å². The summed E-state index contributed by atoms with van der Waals surface area (Å²) in [6.45, 7) is 0.444. The van der Waals surface area contributed by atoms with Crippen LogP contribution in [0.3, 0.4) is 0 Å². The second-order valence-corrected chi connectivity index (χ2v) is 8.86. The number of primary amides is 2. The first-order chi connectivity index (χ1) is 16.4. The fourth-order valence-electron chi connectivity index (χ4n) is 2.92. The van der Waals surface area contributed by atoms with E-state index in [1.807, 2.05) is 0 Å². The minimum atomic E-state index is -1.58. The third kappa shape index (κ3) is 14.2. The Morgan fingerprint density at radius 1 is 0.800 bits per heavy atom. The van der Waals surface area contributed by atoms with E-state index in [0.29, 0.717) is 31.6 Å². The molecule has 0 rings (SSSR count). The van der Waals surface area contributed by atoms with Crippen molar-refractivity contribution in [3.8, 4) is 0 Å². The molecule has 4 atom stereocenters. The molecule has 0 saturated heterocycles. The van der Waals surface area contributed by atoms with Crippen LogP contribution in [-0.4, -0.2) is 83.3 Å². The zero-order valence-electron chi connectivity index (χ0n) is 19.8. The van der Waals surface area contributed by atoms with Crippen molar-refractivity contribution in [2.75, 3.05) is 18.6 Å². The maximum Gasteiger partial charge on any atom is 0.326 e. The Kier molecular flexibility index (Phi) is 16.1. The first kappa shape index (κ1) is 32.1. The van der Waals surface area contributed by atoms with E-state index in [4.69, 9.17) is 22.9 Å². The number of nitrogens with one attached hydrogen (secondary N) is 3. The standard InChI is InChI=1S/C20H37N7O7S/c1-35-9-7-13(19(32)27-14(20(33)34)10-16(24)29)26-18(31)12(5-6-15(23)28)25-17(30)11(22)4-2-3-8-21/h11-14H,2-10,21-22H2,1H3,(H2,23,28)(H2,24,29)(H,25,30)(H,26,31)(H,27,32)(H,33,34). The van der Waals surface area contributed by atoms with Crippen LogP contribution < -0.4 is 38.9 Å². The lowest BCUT2D eigenvalue weighted by Gasteiger charge is -2.25. The summed E-state index contributed by atoms with van der Waals surface area (Å²) in [6, 6.07) is -4.89. The monoisotopic (exact) mass is 519 g/mol. The second-order valence-electron chi connectivity index (χ2n) is 7.87. The molecule has 200 valence electrons. The van der Waals surface area contributed by atoms with Gasteiger partial charge in [0.2, 0.25) is 29.5 Å². The highest BCUT2D eigenvalue weighted by Gasteiger charge is 2.30. The van der Waals surface area contributed by atoms with Crippen molar-refractivity contribution in [3.05, 3.63) is 0 Å². The average Bonchev–Trinajstić information content (AvgIpc) is 2.77. The van der Waals surface area contributed by atoms with Gasteiger partial charge in [0, 0.05) is 6.42 Å². The van der Waals surface area contributed by atoms with Gasteiger partial charge < -0.3 is 44.0 Å². The van der Waals surface area contributed by atoms with Crippen molar-refractivity contribution in [3.63, 3.8) is 0 Å². The fourth-order valence-corrected chi connectivity index (χ4v) is 3.40. The number of unbranched alkanes of at least 4 members (excludes halogenated alkanes) is 1. The number of nitrogens with two attached hydrogens (primary N) is 4. The zero-order valence-corrected chi connectivity index (χ0v) is 20.6. The Labute approximate surface area is 208 Å². The quantitative estimate of drug-likeness (QED) is 0.0795. The van der Waals surface area contributed by atoms with Crippen LogP contribution in [0.1, 0.15) is 44.9 Å². The number of rotatable bonds is 19. The minimum absolute atomic E-state index is 0.122. The van der Waals surface area contributed by atoms with Gasteiger partial charge in [-0.2, -0.15) is 11.8 Å². The number of carboxylic acids is 1. The summed E-state index contributed by atoms with van der Waals surface area (Å²) >= 11 is 1.38. The van der Waals surface area contributed by atoms with Crippen LogP contribution in [0, 0.1) is 0 Å². The molecule has 0 radical (unpaired) electrons. The zero-order chi connectivity index (χ0) is 27.0. The number of hydrogen-bond acceptors (Lipinski definition) is 9. The molecule has 15 heteroatoms. The molecular formula is C20H37N7O7S. The molecule has 0 bridgehead atoms. The lowest BCUT2D eigenvalue weighted by atomic mass is 10.1. The summed E-state index contributed by atoms with van der Waals surface area (Å²) in [5, 5.41) is 16.4. The normalized spacial score (nSPS) is 14.1. The molecule has 12 N–H and O–H groups in total. The van der Waals surface area contributed by atoms with Gasteiger partial charge in [0.1, 0.15) is 18.1 Å². The van der Waals surface area contributed by atoms with Crippen molar-refractivity contribution in [2.45, 2.75) is 69.1 Å². The van der Waals surface area contributed by atoms with E-state index < -0.39 is 66.1 Å². The van der Waals surface area contributed by atoms with Crippen molar-refractivity contribution in [2.24, 2.45) is 22.9 Å². The molecule has 0 aromatic rings. The third-order valence-corrected chi connectivity index (χ3v) is 5.53. The molecule has 14 nitrogen and oxygen atoms in total. The van der Waals surface area contributed by atoms with Crippen LogP contribution >= 0.6 is 11.8 Å². The van der Waals surface area contributed by atoms with Crippen LogP contribution in [-0.2, 0) is 28.8 Å². The lowest BCUT2D eigenvalue weighted by Crippen LogP contribution is -2.57. The summed E-state index contributed by atoms with van der Waals surface area (Å²) in [4.78, 5) is 71.8. The van der Waals surface area contributed by atoms with Crippen LogP contribution in [0.25, 0.3) is 0 Å².